The Kier molecular flexibility index (Phi) is 4.00. The van der Waals surface area contributed by atoms with Gasteiger partial charge in [-0.25, -0.2) is 10.8 Å². The first-order chi connectivity index (χ1) is 8.58. The summed E-state index contributed by atoms with van der Waals surface area (Å²) in [4.78, 5) is 8.16. The number of nitrogens with zero attached hydrogens (tertiary/aromatic N) is 2. The Morgan fingerprint density at radius 3 is 2.78 bits per heavy atom. The van der Waals surface area contributed by atoms with Crippen molar-refractivity contribution in [2.75, 3.05) is 5.43 Å². The fourth-order valence-electron chi connectivity index (χ4n) is 1.33. The molecule has 0 radical (unpaired) electrons. The van der Waals surface area contributed by atoms with Crippen molar-refractivity contribution in [2.24, 2.45) is 5.84 Å². The van der Waals surface area contributed by atoms with Crippen LogP contribution in [0.3, 0.4) is 0 Å². The lowest BCUT2D eigenvalue weighted by Crippen LogP contribution is -2.11. The molecule has 0 unspecified atom stereocenters. The van der Waals surface area contributed by atoms with E-state index in [1.54, 1.807) is 24.3 Å². The van der Waals surface area contributed by atoms with E-state index in [2.05, 4.69) is 31.3 Å². The van der Waals surface area contributed by atoms with Crippen LogP contribution in [0.4, 0.5) is 5.95 Å². The van der Waals surface area contributed by atoms with Gasteiger partial charge in [0.2, 0.25) is 11.8 Å². The SMILES string of the molecule is Cc1cc(Oc2ccc(Cl)cc2Br)nc(NN)n1. The van der Waals surface area contributed by atoms with Gasteiger partial charge in [-0.1, -0.05) is 11.6 Å². The Balaban J connectivity index is 2.30. The molecule has 0 saturated carbocycles. The monoisotopic (exact) mass is 328 g/mol. The molecule has 5 nitrogen and oxygen atoms in total. The maximum absolute atomic E-state index is 5.86. The van der Waals surface area contributed by atoms with Crippen LogP contribution in [0.1, 0.15) is 5.69 Å². The fourth-order valence-corrected chi connectivity index (χ4v) is 2.09. The van der Waals surface area contributed by atoms with E-state index in [-0.39, 0.29) is 0 Å². The summed E-state index contributed by atoms with van der Waals surface area (Å²) < 4.78 is 6.38. The summed E-state index contributed by atoms with van der Waals surface area (Å²) in [5.41, 5.74) is 3.13. The van der Waals surface area contributed by atoms with E-state index in [0.29, 0.717) is 22.6 Å². The van der Waals surface area contributed by atoms with Gasteiger partial charge in [0.1, 0.15) is 5.75 Å². The van der Waals surface area contributed by atoms with Gasteiger partial charge >= 0.3 is 0 Å². The van der Waals surface area contributed by atoms with Crippen LogP contribution >= 0.6 is 27.5 Å². The second-order valence-electron chi connectivity index (χ2n) is 3.49. The molecule has 0 aliphatic heterocycles. The van der Waals surface area contributed by atoms with Gasteiger partial charge in [0.05, 0.1) is 4.47 Å². The Morgan fingerprint density at radius 1 is 1.33 bits per heavy atom. The zero-order chi connectivity index (χ0) is 13.1. The summed E-state index contributed by atoms with van der Waals surface area (Å²) in [5, 5.41) is 0.623. The quantitative estimate of drug-likeness (QED) is 0.668. The molecule has 0 aliphatic carbocycles. The van der Waals surface area contributed by atoms with Crippen LogP contribution < -0.4 is 16.0 Å². The fraction of sp³-hybridized carbons (Fsp3) is 0.0909. The molecular formula is C11H10BrClN4O. The maximum Gasteiger partial charge on any atom is 0.240 e. The molecular weight excluding hydrogens is 320 g/mol. The first-order valence-corrected chi connectivity index (χ1v) is 6.21. The van der Waals surface area contributed by atoms with Gasteiger partial charge in [0, 0.05) is 16.8 Å². The Bertz CT molecular complexity index is 579. The van der Waals surface area contributed by atoms with Gasteiger partial charge in [-0.05, 0) is 41.1 Å². The molecule has 1 aromatic heterocycles. The molecule has 0 bridgehead atoms. The maximum atomic E-state index is 5.86. The molecule has 3 N–H and O–H groups in total. The highest BCUT2D eigenvalue weighted by Gasteiger charge is 2.07. The van der Waals surface area contributed by atoms with E-state index in [1.165, 1.54) is 0 Å². The standard InChI is InChI=1S/C11H10BrClN4O/c1-6-4-10(16-11(15-6)17-14)18-9-3-2-7(13)5-8(9)12/h2-5H,14H2,1H3,(H,15,16,17). The minimum atomic E-state index is 0.301. The van der Waals surface area contributed by atoms with Crippen molar-refractivity contribution < 1.29 is 4.74 Å². The number of benzene rings is 1. The number of aryl methyl sites for hydroxylation is 1. The smallest absolute Gasteiger partial charge is 0.240 e. The minimum Gasteiger partial charge on any atom is -0.438 e. The average Bonchev–Trinajstić information content (AvgIpc) is 2.32. The summed E-state index contributed by atoms with van der Waals surface area (Å²) in [7, 11) is 0. The van der Waals surface area contributed by atoms with Crippen molar-refractivity contribution >= 4 is 33.5 Å². The third kappa shape index (κ3) is 3.10. The lowest BCUT2D eigenvalue weighted by molar-refractivity contribution is 0.459. The van der Waals surface area contributed by atoms with Gasteiger partial charge in [-0.15, -0.1) is 0 Å². The molecule has 2 rings (SSSR count). The first-order valence-electron chi connectivity index (χ1n) is 5.03. The molecule has 0 aliphatic rings. The third-order valence-corrected chi connectivity index (χ3v) is 2.92. The zero-order valence-electron chi connectivity index (χ0n) is 9.45. The van der Waals surface area contributed by atoms with Gasteiger partial charge in [-0.3, -0.25) is 5.43 Å². The van der Waals surface area contributed by atoms with Gasteiger partial charge in [0.25, 0.3) is 0 Å². The number of ether oxygens (including phenoxy) is 1. The number of hydrogen-bond acceptors (Lipinski definition) is 5. The summed E-state index contributed by atoms with van der Waals surface area (Å²) in [5.74, 6) is 6.59. The number of rotatable bonds is 3. The lowest BCUT2D eigenvalue weighted by atomic mass is 10.3. The van der Waals surface area contributed by atoms with Crippen LogP contribution in [0, 0.1) is 6.92 Å². The number of nitrogens with two attached hydrogens (primary N) is 1. The largest absolute Gasteiger partial charge is 0.438 e. The molecule has 0 spiro atoms. The molecule has 94 valence electrons. The van der Waals surface area contributed by atoms with Crippen LogP contribution in [0.25, 0.3) is 0 Å². The first kappa shape index (κ1) is 13.1. The predicted octanol–water partition coefficient (Wildman–Crippen LogP) is 3.28. The van der Waals surface area contributed by atoms with Crippen LogP contribution in [0.15, 0.2) is 28.7 Å². The van der Waals surface area contributed by atoms with Gasteiger partial charge < -0.3 is 4.74 Å². The molecule has 1 heterocycles. The summed E-state index contributed by atoms with van der Waals surface area (Å²) >= 11 is 9.22. The van der Waals surface area contributed by atoms with Gasteiger partial charge in [-0.2, -0.15) is 4.98 Å². The van der Waals surface area contributed by atoms with E-state index < -0.39 is 0 Å². The summed E-state index contributed by atoms with van der Waals surface area (Å²) in [6.45, 7) is 1.83. The van der Waals surface area contributed by atoms with E-state index in [1.807, 2.05) is 6.92 Å². The Hall–Kier alpha value is -1.37. The van der Waals surface area contributed by atoms with Gasteiger partial charge in [0.15, 0.2) is 0 Å². The second-order valence-corrected chi connectivity index (χ2v) is 4.78. The van der Waals surface area contributed by atoms with E-state index >= 15 is 0 Å². The summed E-state index contributed by atoms with van der Waals surface area (Å²) in [6.07, 6.45) is 0. The highest BCUT2D eigenvalue weighted by molar-refractivity contribution is 9.10. The number of halogens is 2. The lowest BCUT2D eigenvalue weighted by Gasteiger charge is -2.08. The topological polar surface area (TPSA) is 73.1 Å². The molecule has 18 heavy (non-hydrogen) atoms. The van der Waals surface area contributed by atoms with Crippen molar-refractivity contribution in [2.45, 2.75) is 6.92 Å². The number of nitrogens with one attached hydrogen (secondary N) is 1. The van der Waals surface area contributed by atoms with E-state index in [0.717, 1.165) is 10.2 Å². The number of aromatic nitrogens is 2. The number of hydrogen-bond donors (Lipinski definition) is 2. The molecule has 7 heteroatoms. The van der Waals surface area contributed by atoms with Crippen molar-refractivity contribution in [1.29, 1.82) is 0 Å². The van der Waals surface area contributed by atoms with Crippen LogP contribution in [-0.2, 0) is 0 Å². The average molecular weight is 330 g/mol. The number of hydrazine groups is 1. The normalized spacial score (nSPS) is 10.2. The molecule has 1 aromatic carbocycles. The number of nitrogen functional groups attached to an aromatic ring is 1. The highest BCUT2D eigenvalue weighted by atomic mass is 79.9. The Morgan fingerprint density at radius 2 is 2.11 bits per heavy atom. The minimum absolute atomic E-state index is 0.301. The van der Waals surface area contributed by atoms with Crippen LogP contribution in [0.5, 0.6) is 11.6 Å². The molecule has 2 aromatic rings. The Labute approximate surface area is 117 Å². The van der Waals surface area contributed by atoms with E-state index in [4.69, 9.17) is 22.2 Å². The van der Waals surface area contributed by atoms with Crippen molar-refractivity contribution in [3.63, 3.8) is 0 Å². The molecule has 0 amide bonds. The van der Waals surface area contributed by atoms with Crippen LogP contribution in [-0.4, -0.2) is 9.97 Å². The van der Waals surface area contributed by atoms with Crippen molar-refractivity contribution in [3.8, 4) is 11.6 Å². The third-order valence-electron chi connectivity index (χ3n) is 2.07. The second kappa shape index (κ2) is 5.51. The molecule has 0 saturated heterocycles. The molecule has 0 fully saturated rings. The zero-order valence-corrected chi connectivity index (χ0v) is 11.8. The van der Waals surface area contributed by atoms with Crippen LogP contribution in [0.2, 0.25) is 5.02 Å². The van der Waals surface area contributed by atoms with Crippen molar-refractivity contribution in [1.82, 2.24) is 9.97 Å². The molecule has 0 atom stereocenters. The number of anilines is 1. The summed E-state index contributed by atoms with van der Waals surface area (Å²) in [6, 6.07) is 6.94. The van der Waals surface area contributed by atoms with E-state index in [9.17, 15) is 0 Å². The predicted molar refractivity (Wildman–Crippen MR) is 73.8 cm³/mol. The van der Waals surface area contributed by atoms with Crippen molar-refractivity contribution in [3.05, 3.63) is 39.5 Å². The highest BCUT2D eigenvalue weighted by Crippen LogP contribution is 2.31.